The maximum atomic E-state index is 11.6. The van der Waals surface area contributed by atoms with Crippen LogP contribution in [-0.4, -0.2) is 31.3 Å². The lowest BCUT2D eigenvalue weighted by atomic mass is 10.2. The Morgan fingerprint density at radius 3 is 2.60 bits per heavy atom. The first-order chi connectivity index (χ1) is 9.58. The molecule has 0 saturated carbocycles. The summed E-state index contributed by atoms with van der Waals surface area (Å²) in [6.45, 7) is 5.94. The van der Waals surface area contributed by atoms with Crippen LogP contribution in [0.1, 0.15) is 37.6 Å². The number of ether oxygens (including phenoxy) is 3. The molecule has 0 aliphatic heterocycles. The van der Waals surface area contributed by atoms with Crippen LogP contribution in [-0.2, 0) is 14.3 Å². The van der Waals surface area contributed by atoms with E-state index in [9.17, 15) is 9.59 Å². The second-order valence-electron chi connectivity index (χ2n) is 4.18. The largest absolute Gasteiger partial charge is 0.479 e. The van der Waals surface area contributed by atoms with Gasteiger partial charge in [0.15, 0.2) is 6.10 Å². The van der Waals surface area contributed by atoms with Gasteiger partial charge in [0.25, 0.3) is 0 Å². The lowest BCUT2D eigenvalue weighted by Gasteiger charge is -2.14. The number of rotatable bonds is 7. The summed E-state index contributed by atoms with van der Waals surface area (Å²) in [7, 11) is 0. The average Bonchev–Trinajstić information content (AvgIpc) is 2.45. The molecule has 0 bridgehead atoms. The normalized spacial score (nSPS) is 11.6. The highest BCUT2D eigenvalue weighted by Crippen LogP contribution is 2.16. The minimum Gasteiger partial charge on any atom is -0.479 e. The highest BCUT2D eigenvalue weighted by molar-refractivity contribution is 5.89. The summed E-state index contributed by atoms with van der Waals surface area (Å²) in [5.74, 6) is -0.413. The molecule has 0 aromatic heterocycles. The quantitative estimate of drug-likeness (QED) is 0.718. The van der Waals surface area contributed by atoms with Crippen molar-refractivity contribution in [1.82, 2.24) is 0 Å². The predicted octanol–water partition coefficient (Wildman–Crippen LogP) is 2.58. The fourth-order valence-corrected chi connectivity index (χ4v) is 1.48. The Hall–Kier alpha value is -2.04. The summed E-state index contributed by atoms with van der Waals surface area (Å²) in [4.78, 5) is 23.2. The summed E-state index contributed by atoms with van der Waals surface area (Å²) < 4.78 is 15.3. The lowest BCUT2D eigenvalue weighted by molar-refractivity contribution is -0.151. The summed E-state index contributed by atoms with van der Waals surface area (Å²) in [6, 6.07) is 6.52. The first kappa shape index (κ1) is 16.0. The second-order valence-corrected chi connectivity index (χ2v) is 4.18. The topological polar surface area (TPSA) is 61.8 Å². The van der Waals surface area contributed by atoms with Crippen molar-refractivity contribution in [3.05, 3.63) is 29.8 Å². The van der Waals surface area contributed by atoms with Crippen molar-refractivity contribution >= 4 is 11.9 Å². The van der Waals surface area contributed by atoms with E-state index in [0.717, 1.165) is 6.42 Å². The number of carbonyl (C=O) groups is 2. The van der Waals surface area contributed by atoms with E-state index < -0.39 is 18.0 Å². The molecule has 0 amide bonds. The van der Waals surface area contributed by atoms with Gasteiger partial charge in [-0.05, 0) is 38.5 Å². The Labute approximate surface area is 118 Å². The zero-order valence-electron chi connectivity index (χ0n) is 12.0. The number of carbonyl (C=O) groups excluding carboxylic acids is 2. The molecule has 0 N–H and O–H groups in total. The average molecular weight is 280 g/mol. The minimum absolute atomic E-state index is 0.309. The lowest BCUT2D eigenvalue weighted by Crippen LogP contribution is -2.26. The van der Waals surface area contributed by atoms with E-state index in [1.807, 2.05) is 6.92 Å². The molecular formula is C15H20O5. The third kappa shape index (κ3) is 4.91. The third-order valence-corrected chi connectivity index (χ3v) is 2.44. The van der Waals surface area contributed by atoms with E-state index in [4.69, 9.17) is 14.2 Å². The molecule has 0 spiro atoms. The Balaban J connectivity index is 2.66. The van der Waals surface area contributed by atoms with Crippen molar-refractivity contribution in [2.75, 3.05) is 13.2 Å². The number of benzene rings is 1. The molecule has 1 aromatic rings. The zero-order chi connectivity index (χ0) is 15.0. The van der Waals surface area contributed by atoms with Crippen LogP contribution in [0.25, 0.3) is 0 Å². The van der Waals surface area contributed by atoms with Gasteiger partial charge in [-0.25, -0.2) is 9.59 Å². The highest BCUT2D eigenvalue weighted by Gasteiger charge is 2.16. The summed E-state index contributed by atoms with van der Waals surface area (Å²) in [5, 5.41) is 0. The van der Waals surface area contributed by atoms with E-state index in [0.29, 0.717) is 24.5 Å². The Morgan fingerprint density at radius 1 is 1.20 bits per heavy atom. The van der Waals surface area contributed by atoms with Crippen molar-refractivity contribution in [3.8, 4) is 5.75 Å². The van der Waals surface area contributed by atoms with Crippen LogP contribution in [0.15, 0.2) is 24.3 Å². The van der Waals surface area contributed by atoms with E-state index in [1.165, 1.54) is 0 Å². The van der Waals surface area contributed by atoms with E-state index >= 15 is 0 Å². The maximum Gasteiger partial charge on any atom is 0.347 e. The summed E-state index contributed by atoms with van der Waals surface area (Å²) in [5.41, 5.74) is 0.387. The monoisotopic (exact) mass is 280 g/mol. The van der Waals surface area contributed by atoms with Crippen molar-refractivity contribution in [2.45, 2.75) is 33.3 Å². The molecule has 5 heteroatoms. The van der Waals surface area contributed by atoms with Crippen LogP contribution in [0.2, 0.25) is 0 Å². The summed E-state index contributed by atoms with van der Waals surface area (Å²) in [6.07, 6.45) is 0.0376. The van der Waals surface area contributed by atoms with E-state index in [2.05, 4.69) is 0 Å². The van der Waals surface area contributed by atoms with Gasteiger partial charge in [-0.1, -0.05) is 13.0 Å². The van der Waals surface area contributed by atoms with Crippen LogP contribution >= 0.6 is 0 Å². The van der Waals surface area contributed by atoms with Crippen LogP contribution < -0.4 is 4.74 Å². The first-order valence-corrected chi connectivity index (χ1v) is 6.69. The standard InChI is InChI=1S/C15H20O5/c1-4-9-19-14(16)11(3)20-13-8-6-7-12(10-13)15(17)18-5-2/h6-8,10-11H,4-5,9H2,1-3H3. The predicted molar refractivity (Wildman–Crippen MR) is 73.7 cm³/mol. The summed E-state index contributed by atoms with van der Waals surface area (Å²) >= 11 is 0. The van der Waals surface area contributed by atoms with Crippen LogP contribution in [0, 0.1) is 0 Å². The smallest absolute Gasteiger partial charge is 0.347 e. The Morgan fingerprint density at radius 2 is 1.95 bits per heavy atom. The molecule has 20 heavy (non-hydrogen) atoms. The number of hydrogen-bond acceptors (Lipinski definition) is 5. The highest BCUT2D eigenvalue weighted by atomic mass is 16.6. The molecule has 0 fully saturated rings. The van der Waals surface area contributed by atoms with Crippen LogP contribution in [0.3, 0.4) is 0 Å². The Bertz CT molecular complexity index is 455. The van der Waals surface area contributed by atoms with Gasteiger partial charge in [0.05, 0.1) is 18.8 Å². The fourth-order valence-electron chi connectivity index (χ4n) is 1.48. The molecule has 1 atom stereocenters. The molecule has 0 aliphatic rings. The van der Waals surface area contributed by atoms with Gasteiger partial charge >= 0.3 is 11.9 Å². The van der Waals surface area contributed by atoms with Gasteiger partial charge in [-0.2, -0.15) is 0 Å². The molecule has 0 heterocycles. The Kier molecular flexibility index (Phi) is 6.56. The molecule has 1 rings (SSSR count). The fraction of sp³-hybridized carbons (Fsp3) is 0.467. The molecule has 110 valence electrons. The van der Waals surface area contributed by atoms with Gasteiger partial charge in [0, 0.05) is 0 Å². The van der Waals surface area contributed by atoms with Crippen molar-refractivity contribution in [1.29, 1.82) is 0 Å². The molecule has 0 radical (unpaired) electrons. The molecule has 1 aromatic carbocycles. The van der Waals surface area contributed by atoms with Crippen LogP contribution in [0.5, 0.6) is 5.75 Å². The van der Waals surface area contributed by atoms with Gasteiger partial charge in [-0.15, -0.1) is 0 Å². The minimum atomic E-state index is -0.723. The van der Waals surface area contributed by atoms with Crippen molar-refractivity contribution in [2.24, 2.45) is 0 Å². The van der Waals surface area contributed by atoms with Crippen molar-refractivity contribution in [3.63, 3.8) is 0 Å². The van der Waals surface area contributed by atoms with E-state index in [1.54, 1.807) is 38.1 Å². The number of esters is 2. The van der Waals surface area contributed by atoms with Gasteiger partial charge < -0.3 is 14.2 Å². The third-order valence-electron chi connectivity index (χ3n) is 2.44. The number of hydrogen-bond donors (Lipinski definition) is 0. The first-order valence-electron chi connectivity index (χ1n) is 6.69. The molecule has 1 unspecified atom stereocenters. The van der Waals surface area contributed by atoms with Gasteiger partial charge in [0.1, 0.15) is 5.75 Å². The van der Waals surface area contributed by atoms with Crippen LogP contribution in [0.4, 0.5) is 0 Å². The molecular weight excluding hydrogens is 260 g/mol. The molecule has 0 saturated heterocycles. The zero-order valence-corrected chi connectivity index (χ0v) is 12.0. The maximum absolute atomic E-state index is 11.6. The second kappa shape index (κ2) is 8.19. The van der Waals surface area contributed by atoms with Crippen molar-refractivity contribution < 1.29 is 23.8 Å². The van der Waals surface area contributed by atoms with E-state index in [-0.39, 0.29) is 0 Å². The molecule has 5 nitrogen and oxygen atoms in total. The van der Waals surface area contributed by atoms with Gasteiger partial charge in [0.2, 0.25) is 0 Å². The van der Waals surface area contributed by atoms with Gasteiger partial charge in [-0.3, -0.25) is 0 Å². The SMILES string of the molecule is CCCOC(=O)C(C)Oc1cccc(C(=O)OCC)c1. The molecule has 0 aliphatic carbocycles.